The third-order valence-corrected chi connectivity index (χ3v) is 4.16. The Labute approximate surface area is 161 Å². The first-order valence-corrected chi connectivity index (χ1v) is 9.46. The first-order valence-electron chi connectivity index (χ1n) is 9.46. The van der Waals surface area contributed by atoms with Crippen molar-refractivity contribution >= 4 is 5.91 Å². The van der Waals surface area contributed by atoms with E-state index in [1.807, 2.05) is 44.2 Å². The molecule has 0 radical (unpaired) electrons. The molecule has 5 nitrogen and oxygen atoms in total. The quantitative estimate of drug-likeness (QED) is 0.607. The van der Waals surface area contributed by atoms with Crippen LogP contribution in [-0.2, 0) is 11.2 Å². The molecule has 0 aliphatic rings. The summed E-state index contributed by atoms with van der Waals surface area (Å²) >= 11 is 0. The highest BCUT2D eigenvalue weighted by Gasteiger charge is 2.18. The van der Waals surface area contributed by atoms with Crippen molar-refractivity contribution in [3.05, 3.63) is 54.1 Å². The summed E-state index contributed by atoms with van der Waals surface area (Å²) in [5.41, 5.74) is 1.23. The second-order valence-corrected chi connectivity index (χ2v) is 6.17. The Bertz CT molecular complexity index is 700. The zero-order chi connectivity index (χ0) is 19.5. The molecule has 0 aromatic heterocycles. The minimum atomic E-state index is -0.511. The summed E-state index contributed by atoms with van der Waals surface area (Å²) in [6, 6.07) is 15.4. The average Bonchev–Trinajstić information content (AvgIpc) is 2.70. The van der Waals surface area contributed by atoms with Crippen molar-refractivity contribution in [3.63, 3.8) is 0 Å². The highest BCUT2D eigenvalue weighted by molar-refractivity contribution is 5.81. The van der Waals surface area contributed by atoms with Gasteiger partial charge in [0.05, 0.1) is 13.7 Å². The highest BCUT2D eigenvalue weighted by Crippen LogP contribution is 2.20. The van der Waals surface area contributed by atoms with Crippen molar-refractivity contribution < 1.29 is 19.0 Å². The molecule has 2 rings (SSSR count). The Balaban J connectivity index is 1.75. The maximum atomic E-state index is 12.4. The van der Waals surface area contributed by atoms with Crippen LogP contribution in [0.4, 0.5) is 0 Å². The standard InChI is InChI=1S/C22H29NO4/c1-4-21(27-20-10-6-9-19(16-20)25-3)22(24)23-15-7-8-17-11-13-18(14-12-17)26-5-2/h6,9-14,16,21H,4-5,7-8,15H2,1-3H3,(H,23,24)/t21-/m1/s1. The van der Waals surface area contributed by atoms with Gasteiger partial charge >= 0.3 is 0 Å². The summed E-state index contributed by atoms with van der Waals surface area (Å²) in [5.74, 6) is 2.13. The third-order valence-electron chi connectivity index (χ3n) is 4.16. The Morgan fingerprint density at radius 2 is 1.78 bits per heavy atom. The fraction of sp³-hybridized carbons (Fsp3) is 0.409. The van der Waals surface area contributed by atoms with Crippen molar-refractivity contribution in [2.45, 2.75) is 39.2 Å². The number of hydrogen-bond donors (Lipinski definition) is 1. The topological polar surface area (TPSA) is 56.8 Å². The van der Waals surface area contributed by atoms with E-state index in [0.29, 0.717) is 31.1 Å². The van der Waals surface area contributed by atoms with Crippen molar-refractivity contribution in [3.8, 4) is 17.2 Å². The SMILES string of the molecule is CCOc1ccc(CCCNC(=O)[C@@H](CC)Oc2cccc(OC)c2)cc1. The van der Waals surface area contributed by atoms with Crippen molar-refractivity contribution in [1.82, 2.24) is 5.32 Å². The normalized spacial score (nSPS) is 11.5. The number of benzene rings is 2. The number of carbonyl (C=O) groups is 1. The molecule has 27 heavy (non-hydrogen) atoms. The molecule has 0 bridgehead atoms. The van der Waals surface area contributed by atoms with Gasteiger partial charge in [-0.25, -0.2) is 0 Å². The smallest absolute Gasteiger partial charge is 0.261 e. The number of hydrogen-bond acceptors (Lipinski definition) is 4. The average molecular weight is 371 g/mol. The third kappa shape index (κ3) is 6.85. The van der Waals surface area contributed by atoms with Gasteiger partial charge < -0.3 is 19.5 Å². The maximum Gasteiger partial charge on any atom is 0.261 e. The van der Waals surface area contributed by atoms with E-state index >= 15 is 0 Å². The van der Waals surface area contributed by atoms with Crippen molar-refractivity contribution in [2.24, 2.45) is 0 Å². The van der Waals surface area contributed by atoms with E-state index in [1.165, 1.54) is 5.56 Å². The van der Waals surface area contributed by atoms with E-state index in [9.17, 15) is 4.79 Å². The maximum absolute atomic E-state index is 12.4. The van der Waals surface area contributed by atoms with E-state index in [-0.39, 0.29) is 5.91 Å². The summed E-state index contributed by atoms with van der Waals surface area (Å²) in [5, 5.41) is 2.96. The van der Waals surface area contributed by atoms with E-state index in [0.717, 1.165) is 18.6 Å². The zero-order valence-corrected chi connectivity index (χ0v) is 16.4. The molecule has 146 valence electrons. The van der Waals surface area contributed by atoms with Gasteiger partial charge in [-0.05, 0) is 56.0 Å². The number of ether oxygens (including phenoxy) is 3. The molecule has 0 fully saturated rings. The molecule has 0 saturated carbocycles. The molecule has 0 spiro atoms. The predicted octanol–water partition coefficient (Wildman–Crippen LogP) is 4.00. The molecular formula is C22H29NO4. The van der Waals surface area contributed by atoms with Gasteiger partial charge in [0.2, 0.25) is 0 Å². The lowest BCUT2D eigenvalue weighted by Crippen LogP contribution is -2.38. The lowest BCUT2D eigenvalue weighted by atomic mass is 10.1. The van der Waals surface area contributed by atoms with E-state index in [2.05, 4.69) is 17.4 Å². The minimum absolute atomic E-state index is 0.0907. The fourth-order valence-corrected chi connectivity index (χ4v) is 2.70. The molecule has 2 aromatic carbocycles. The first-order chi connectivity index (χ1) is 13.2. The summed E-state index contributed by atoms with van der Waals surface area (Å²) in [6.07, 6.45) is 1.86. The second kappa shape index (κ2) is 11.1. The number of methoxy groups -OCH3 is 1. The molecule has 1 N–H and O–H groups in total. The number of aryl methyl sites for hydroxylation is 1. The molecule has 5 heteroatoms. The number of rotatable bonds is 11. The zero-order valence-electron chi connectivity index (χ0n) is 16.4. The Kier molecular flexibility index (Phi) is 8.49. The molecule has 0 aliphatic carbocycles. The van der Waals surface area contributed by atoms with Gasteiger partial charge in [0.15, 0.2) is 6.10 Å². The van der Waals surface area contributed by atoms with E-state index in [4.69, 9.17) is 14.2 Å². The van der Waals surface area contributed by atoms with Gasteiger partial charge in [-0.15, -0.1) is 0 Å². The van der Waals surface area contributed by atoms with Crippen LogP contribution in [-0.4, -0.2) is 32.3 Å². The first kappa shape index (κ1) is 20.6. The van der Waals surface area contributed by atoms with Crippen LogP contribution in [0.1, 0.15) is 32.3 Å². The van der Waals surface area contributed by atoms with E-state index in [1.54, 1.807) is 13.2 Å². The Hall–Kier alpha value is -2.69. The molecular weight excluding hydrogens is 342 g/mol. The van der Waals surface area contributed by atoms with Gasteiger partial charge in [0.25, 0.3) is 5.91 Å². The van der Waals surface area contributed by atoms with Crippen LogP contribution in [0, 0.1) is 0 Å². The summed E-state index contributed by atoms with van der Waals surface area (Å²) in [4.78, 5) is 12.4. The highest BCUT2D eigenvalue weighted by atomic mass is 16.5. The molecule has 1 atom stereocenters. The molecule has 1 amide bonds. The van der Waals surface area contributed by atoms with Crippen molar-refractivity contribution in [1.29, 1.82) is 0 Å². The van der Waals surface area contributed by atoms with Crippen LogP contribution in [0.15, 0.2) is 48.5 Å². The van der Waals surface area contributed by atoms with Gasteiger partial charge in [0, 0.05) is 12.6 Å². The van der Waals surface area contributed by atoms with E-state index < -0.39 is 6.10 Å². The molecule has 0 aliphatic heterocycles. The lowest BCUT2D eigenvalue weighted by Gasteiger charge is -2.17. The molecule has 0 unspecified atom stereocenters. The van der Waals surface area contributed by atoms with Crippen LogP contribution in [0.25, 0.3) is 0 Å². The molecule has 2 aromatic rings. The van der Waals surface area contributed by atoms with Crippen LogP contribution in [0.5, 0.6) is 17.2 Å². The van der Waals surface area contributed by atoms with Crippen LogP contribution < -0.4 is 19.5 Å². The minimum Gasteiger partial charge on any atom is -0.497 e. The second-order valence-electron chi connectivity index (χ2n) is 6.17. The number of nitrogens with one attached hydrogen (secondary N) is 1. The summed E-state index contributed by atoms with van der Waals surface area (Å²) in [6.45, 7) is 5.19. The van der Waals surface area contributed by atoms with Crippen LogP contribution in [0.2, 0.25) is 0 Å². The lowest BCUT2D eigenvalue weighted by molar-refractivity contribution is -0.128. The van der Waals surface area contributed by atoms with Gasteiger partial charge in [-0.2, -0.15) is 0 Å². The summed E-state index contributed by atoms with van der Waals surface area (Å²) < 4.78 is 16.4. The largest absolute Gasteiger partial charge is 0.497 e. The van der Waals surface area contributed by atoms with Gasteiger partial charge in [-0.1, -0.05) is 25.1 Å². The van der Waals surface area contributed by atoms with Crippen molar-refractivity contribution in [2.75, 3.05) is 20.3 Å². The van der Waals surface area contributed by atoms with Crippen LogP contribution >= 0.6 is 0 Å². The Morgan fingerprint density at radius 3 is 2.44 bits per heavy atom. The summed E-state index contributed by atoms with van der Waals surface area (Å²) in [7, 11) is 1.60. The van der Waals surface area contributed by atoms with Crippen LogP contribution in [0.3, 0.4) is 0 Å². The monoisotopic (exact) mass is 371 g/mol. The van der Waals surface area contributed by atoms with Gasteiger partial charge in [0.1, 0.15) is 17.2 Å². The van der Waals surface area contributed by atoms with Gasteiger partial charge in [-0.3, -0.25) is 4.79 Å². The fourth-order valence-electron chi connectivity index (χ4n) is 2.70. The molecule has 0 saturated heterocycles. The number of amides is 1. The molecule has 0 heterocycles. The number of carbonyl (C=O) groups excluding carboxylic acids is 1. The predicted molar refractivity (Wildman–Crippen MR) is 107 cm³/mol. The Morgan fingerprint density at radius 1 is 1.04 bits per heavy atom.